The van der Waals surface area contributed by atoms with Gasteiger partial charge >= 0.3 is 0 Å². The lowest BCUT2D eigenvalue weighted by Crippen LogP contribution is -2.39. The van der Waals surface area contributed by atoms with E-state index in [0.717, 1.165) is 12.0 Å². The molecule has 1 aromatic rings. The lowest BCUT2D eigenvalue weighted by Gasteiger charge is -2.26. The topological polar surface area (TPSA) is 54.4 Å². The van der Waals surface area contributed by atoms with E-state index in [4.69, 9.17) is 23.2 Å². The van der Waals surface area contributed by atoms with Crippen LogP contribution in [0.4, 0.5) is 0 Å². The second-order valence-electron chi connectivity index (χ2n) is 4.92. The maximum atomic E-state index is 11.9. The maximum Gasteiger partial charge on any atom is 0.155 e. The Balaban J connectivity index is 2.11. The molecule has 106 valence electrons. The first-order valence-corrected chi connectivity index (χ1v) is 8.71. The van der Waals surface area contributed by atoms with Crippen LogP contribution in [-0.4, -0.2) is 30.6 Å². The summed E-state index contributed by atoms with van der Waals surface area (Å²) in [5.41, 5.74) is 0.794. The van der Waals surface area contributed by atoms with Crippen LogP contribution in [0, 0.1) is 0 Å². The van der Waals surface area contributed by atoms with Crippen LogP contribution in [0.2, 0.25) is 10.0 Å². The average molecular weight is 323 g/mol. The molecule has 1 heterocycles. The second kappa shape index (κ2) is 6.00. The van der Waals surface area contributed by atoms with Crippen LogP contribution in [0.25, 0.3) is 0 Å². The fourth-order valence-corrected chi connectivity index (χ4v) is 4.78. The molecule has 0 radical (unpaired) electrons. The summed E-state index contributed by atoms with van der Waals surface area (Å²) in [7, 11) is -3.17. The fraction of sp³-hybridized carbons (Fsp3) is 0.538. The molecule has 1 aliphatic rings. The molecular formula is C13H16Cl2O3S. The Hall–Kier alpha value is -0.290. The van der Waals surface area contributed by atoms with Gasteiger partial charge in [0.2, 0.25) is 0 Å². The van der Waals surface area contributed by atoms with Crippen molar-refractivity contribution >= 4 is 33.0 Å². The van der Waals surface area contributed by atoms with Crippen molar-refractivity contribution in [3.8, 4) is 0 Å². The SMILES string of the molecule is O=S1(=O)CCCCC1C(O)Cc1ccc(Cl)c(Cl)c1. The van der Waals surface area contributed by atoms with Gasteiger partial charge in [0.05, 0.1) is 27.2 Å². The van der Waals surface area contributed by atoms with Gasteiger partial charge < -0.3 is 5.11 Å². The summed E-state index contributed by atoms with van der Waals surface area (Å²) >= 11 is 11.7. The molecule has 0 aliphatic carbocycles. The van der Waals surface area contributed by atoms with E-state index in [1.165, 1.54) is 0 Å². The Morgan fingerprint density at radius 1 is 1.26 bits per heavy atom. The minimum Gasteiger partial charge on any atom is -0.391 e. The number of aliphatic hydroxyl groups is 1. The Bertz CT molecular complexity index is 557. The molecule has 1 N–H and O–H groups in total. The molecule has 0 saturated carbocycles. The number of halogens is 2. The predicted octanol–water partition coefficient (Wildman–Crippen LogP) is 2.86. The molecule has 1 fully saturated rings. The monoisotopic (exact) mass is 322 g/mol. The number of aliphatic hydroxyl groups excluding tert-OH is 1. The highest BCUT2D eigenvalue weighted by Crippen LogP contribution is 2.27. The van der Waals surface area contributed by atoms with Gasteiger partial charge in [0.15, 0.2) is 9.84 Å². The van der Waals surface area contributed by atoms with Gasteiger partial charge in [-0.1, -0.05) is 35.7 Å². The number of benzene rings is 1. The molecule has 2 atom stereocenters. The largest absolute Gasteiger partial charge is 0.391 e. The van der Waals surface area contributed by atoms with E-state index in [9.17, 15) is 13.5 Å². The van der Waals surface area contributed by atoms with Crippen LogP contribution in [-0.2, 0) is 16.3 Å². The molecular weight excluding hydrogens is 307 g/mol. The van der Waals surface area contributed by atoms with E-state index in [1.807, 2.05) is 0 Å². The highest BCUT2D eigenvalue weighted by atomic mass is 35.5. The minimum absolute atomic E-state index is 0.177. The molecule has 19 heavy (non-hydrogen) atoms. The summed E-state index contributed by atoms with van der Waals surface area (Å²) in [4.78, 5) is 0. The van der Waals surface area contributed by atoms with Gasteiger partial charge in [-0.25, -0.2) is 8.42 Å². The van der Waals surface area contributed by atoms with Gasteiger partial charge in [0, 0.05) is 0 Å². The second-order valence-corrected chi connectivity index (χ2v) is 8.08. The lowest BCUT2D eigenvalue weighted by atomic mass is 10.0. The van der Waals surface area contributed by atoms with Crippen molar-refractivity contribution in [2.24, 2.45) is 0 Å². The standard InChI is InChI=1S/C13H16Cl2O3S/c14-10-5-4-9(7-11(10)15)8-12(16)13-3-1-2-6-19(13,17)18/h4-5,7,12-13,16H,1-3,6,8H2. The van der Waals surface area contributed by atoms with Crippen molar-refractivity contribution in [3.05, 3.63) is 33.8 Å². The molecule has 1 saturated heterocycles. The number of rotatable bonds is 3. The first kappa shape index (κ1) is 15.1. The summed E-state index contributed by atoms with van der Waals surface area (Å²) in [6.07, 6.45) is 1.47. The van der Waals surface area contributed by atoms with Crippen LogP contribution in [0.3, 0.4) is 0 Å². The van der Waals surface area contributed by atoms with Gasteiger partial charge in [-0.15, -0.1) is 0 Å². The summed E-state index contributed by atoms with van der Waals surface area (Å²) in [6, 6.07) is 5.08. The van der Waals surface area contributed by atoms with Gasteiger partial charge in [0.25, 0.3) is 0 Å². The van der Waals surface area contributed by atoms with Crippen LogP contribution in [0.15, 0.2) is 18.2 Å². The quantitative estimate of drug-likeness (QED) is 0.930. The van der Waals surface area contributed by atoms with Crippen molar-refractivity contribution in [1.82, 2.24) is 0 Å². The molecule has 0 amide bonds. The highest BCUT2D eigenvalue weighted by Gasteiger charge is 2.34. The first-order valence-electron chi connectivity index (χ1n) is 6.24. The summed E-state index contributed by atoms with van der Waals surface area (Å²) in [5, 5.41) is 10.4. The number of sulfone groups is 1. The van der Waals surface area contributed by atoms with Gasteiger partial charge in [0.1, 0.15) is 0 Å². The molecule has 1 aliphatic heterocycles. The Morgan fingerprint density at radius 3 is 2.63 bits per heavy atom. The van der Waals surface area contributed by atoms with E-state index in [0.29, 0.717) is 22.9 Å². The molecule has 6 heteroatoms. The molecule has 3 nitrogen and oxygen atoms in total. The van der Waals surface area contributed by atoms with Gasteiger partial charge in [-0.2, -0.15) is 0 Å². The van der Waals surface area contributed by atoms with Crippen molar-refractivity contribution < 1.29 is 13.5 Å². The zero-order valence-corrected chi connectivity index (χ0v) is 12.7. The third-order valence-electron chi connectivity index (χ3n) is 3.49. The van der Waals surface area contributed by atoms with Crippen molar-refractivity contribution in [1.29, 1.82) is 0 Å². The van der Waals surface area contributed by atoms with E-state index in [2.05, 4.69) is 0 Å². The van der Waals surface area contributed by atoms with Gasteiger partial charge in [-0.3, -0.25) is 0 Å². The molecule has 0 spiro atoms. The van der Waals surface area contributed by atoms with Crippen molar-refractivity contribution in [2.45, 2.75) is 37.0 Å². The van der Waals surface area contributed by atoms with E-state index >= 15 is 0 Å². The molecule has 2 rings (SSSR count). The van der Waals surface area contributed by atoms with E-state index in [-0.39, 0.29) is 12.2 Å². The first-order chi connectivity index (χ1) is 8.90. The van der Waals surface area contributed by atoms with Crippen LogP contribution in [0.5, 0.6) is 0 Å². The Labute approximate surface area is 123 Å². The number of hydrogen-bond acceptors (Lipinski definition) is 3. The molecule has 0 aromatic heterocycles. The highest BCUT2D eigenvalue weighted by molar-refractivity contribution is 7.92. The summed E-state index contributed by atoms with van der Waals surface area (Å²) in [6.45, 7) is 0. The van der Waals surface area contributed by atoms with E-state index < -0.39 is 21.2 Å². The predicted molar refractivity (Wildman–Crippen MR) is 77.6 cm³/mol. The van der Waals surface area contributed by atoms with Crippen LogP contribution >= 0.6 is 23.2 Å². The van der Waals surface area contributed by atoms with Crippen LogP contribution in [0.1, 0.15) is 24.8 Å². The Kier molecular flexibility index (Phi) is 4.77. The normalized spacial score (nSPS) is 24.1. The third kappa shape index (κ3) is 3.63. The minimum atomic E-state index is -3.17. The zero-order valence-electron chi connectivity index (χ0n) is 10.4. The zero-order chi connectivity index (χ0) is 14.0. The number of hydrogen-bond donors (Lipinski definition) is 1. The third-order valence-corrected chi connectivity index (χ3v) is 6.56. The lowest BCUT2D eigenvalue weighted by molar-refractivity contribution is 0.162. The van der Waals surface area contributed by atoms with Crippen molar-refractivity contribution in [3.63, 3.8) is 0 Å². The molecule has 1 aromatic carbocycles. The summed E-state index contributed by atoms with van der Waals surface area (Å²) in [5.74, 6) is 0.177. The maximum absolute atomic E-state index is 11.9. The fourth-order valence-electron chi connectivity index (χ4n) is 2.45. The van der Waals surface area contributed by atoms with Crippen molar-refractivity contribution in [2.75, 3.05) is 5.75 Å². The average Bonchev–Trinajstić information content (AvgIpc) is 2.33. The van der Waals surface area contributed by atoms with Gasteiger partial charge in [-0.05, 0) is 37.0 Å². The molecule has 0 bridgehead atoms. The summed E-state index contributed by atoms with van der Waals surface area (Å²) < 4.78 is 23.9. The van der Waals surface area contributed by atoms with Crippen LogP contribution < -0.4 is 0 Å². The van der Waals surface area contributed by atoms with E-state index in [1.54, 1.807) is 18.2 Å². The Morgan fingerprint density at radius 2 is 2.00 bits per heavy atom. The molecule has 2 unspecified atom stereocenters. The smallest absolute Gasteiger partial charge is 0.155 e.